The minimum atomic E-state index is -0.789. The fourth-order valence-corrected chi connectivity index (χ4v) is 3.62. The molecule has 3 nitrogen and oxygen atoms in total. The second-order valence-electron chi connectivity index (χ2n) is 6.35. The standard InChI is InChI=1S/C21H17ClN2O/c22-18-11-12-19-23-20(25)21(24(19)15-18,13-16-7-3-1-4-8-16)14-17-9-5-2-6-10-17/h1-12,15H,13-14H2. The van der Waals surface area contributed by atoms with Crippen LogP contribution in [0.4, 0.5) is 0 Å². The van der Waals surface area contributed by atoms with Crippen molar-refractivity contribution in [2.75, 3.05) is 0 Å². The number of halogens is 1. The van der Waals surface area contributed by atoms with Crippen molar-refractivity contribution in [1.29, 1.82) is 0 Å². The lowest BCUT2D eigenvalue weighted by Gasteiger charge is -2.37. The van der Waals surface area contributed by atoms with E-state index in [-0.39, 0.29) is 5.91 Å². The van der Waals surface area contributed by atoms with Crippen molar-refractivity contribution in [2.45, 2.75) is 18.4 Å². The Labute approximate surface area is 152 Å². The molecule has 2 aromatic rings. The molecule has 0 aliphatic carbocycles. The van der Waals surface area contributed by atoms with Crippen LogP contribution in [0.2, 0.25) is 0 Å². The van der Waals surface area contributed by atoms with Gasteiger partial charge in [0.2, 0.25) is 0 Å². The van der Waals surface area contributed by atoms with Crippen molar-refractivity contribution in [3.05, 3.63) is 95.2 Å². The first-order valence-corrected chi connectivity index (χ1v) is 8.61. The van der Waals surface area contributed by atoms with E-state index in [1.807, 2.05) is 71.8 Å². The predicted octanol–water partition coefficient (Wildman–Crippen LogP) is 4.10. The highest BCUT2D eigenvalue weighted by Crippen LogP contribution is 2.35. The Kier molecular flexibility index (Phi) is 4.02. The summed E-state index contributed by atoms with van der Waals surface area (Å²) in [7, 11) is 0. The second kappa shape index (κ2) is 6.34. The third kappa shape index (κ3) is 2.92. The highest BCUT2D eigenvalue weighted by Gasteiger charge is 2.49. The Hall–Kier alpha value is -2.65. The molecule has 0 unspecified atom stereocenters. The summed E-state index contributed by atoms with van der Waals surface area (Å²) >= 11 is 6.23. The van der Waals surface area contributed by atoms with Crippen molar-refractivity contribution in [1.82, 2.24) is 4.90 Å². The van der Waals surface area contributed by atoms with Gasteiger partial charge >= 0.3 is 0 Å². The fraction of sp³-hybridized carbons (Fsp3) is 0.143. The molecule has 0 N–H and O–H groups in total. The third-order valence-electron chi connectivity index (χ3n) is 4.64. The molecule has 4 heteroatoms. The maximum Gasteiger partial charge on any atom is 0.274 e. The summed E-state index contributed by atoms with van der Waals surface area (Å²) in [5.74, 6) is 0.531. The number of allylic oxidation sites excluding steroid dienone is 2. The van der Waals surface area contributed by atoms with Gasteiger partial charge in [-0.25, -0.2) is 0 Å². The molecule has 0 atom stereocenters. The molecule has 2 heterocycles. The number of amides is 1. The fourth-order valence-electron chi connectivity index (χ4n) is 3.46. The minimum absolute atomic E-state index is 0.123. The van der Waals surface area contributed by atoms with E-state index in [9.17, 15) is 4.79 Å². The molecule has 0 fully saturated rings. The molecule has 0 saturated carbocycles. The van der Waals surface area contributed by atoms with Crippen molar-refractivity contribution >= 4 is 23.3 Å². The van der Waals surface area contributed by atoms with E-state index in [1.54, 1.807) is 12.2 Å². The summed E-state index contributed by atoms with van der Waals surface area (Å²) in [6.45, 7) is 0. The first-order chi connectivity index (χ1) is 12.2. The Balaban J connectivity index is 1.79. The molecule has 124 valence electrons. The van der Waals surface area contributed by atoms with Gasteiger partial charge in [0.05, 0.1) is 5.03 Å². The average molecular weight is 349 g/mol. The molecule has 1 amide bonds. The minimum Gasteiger partial charge on any atom is -0.315 e. The number of amidine groups is 1. The summed E-state index contributed by atoms with van der Waals surface area (Å²) < 4.78 is 0. The summed E-state index contributed by atoms with van der Waals surface area (Å²) in [6.07, 6.45) is 6.53. The molecule has 0 radical (unpaired) electrons. The van der Waals surface area contributed by atoms with Crippen molar-refractivity contribution in [3.8, 4) is 0 Å². The molecule has 25 heavy (non-hydrogen) atoms. The van der Waals surface area contributed by atoms with Crippen LogP contribution in [0, 0.1) is 0 Å². The first kappa shape index (κ1) is 15.9. The maximum absolute atomic E-state index is 13.0. The molecule has 2 aliphatic rings. The summed E-state index contributed by atoms with van der Waals surface area (Å²) in [4.78, 5) is 19.3. The first-order valence-electron chi connectivity index (χ1n) is 8.23. The second-order valence-corrected chi connectivity index (χ2v) is 6.79. The van der Waals surface area contributed by atoms with E-state index in [4.69, 9.17) is 11.6 Å². The van der Waals surface area contributed by atoms with E-state index >= 15 is 0 Å². The quantitative estimate of drug-likeness (QED) is 0.833. The maximum atomic E-state index is 13.0. The Morgan fingerprint density at radius 2 is 1.44 bits per heavy atom. The Bertz CT molecular complexity index is 843. The summed E-state index contributed by atoms with van der Waals surface area (Å²) in [5.41, 5.74) is 1.41. The number of rotatable bonds is 4. The molecule has 0 aromatic heterocycles. The van der Waals surface area contributed by atoms with Gasteiger partial charge in [-0.05, 0) is 23.3 Å². The number of hydrogen-bond donors (Lipinski definition) is 0. The topological polar surface area (TPSA) is 32.7 Å². The van der Waals surface area contributed by atoms with Crippen molar-refractivity contribution in [2.24, 2.45) is 4.99 Å². The van der Waals surface area contributed by atoms with E-state index < -0.39 is 5.54 Å². The van der Waals surface area contributed by atoms with Crippen LogP contribution >= 0.6 is 11.6 Å². The van der Waals surface area contributed by atoms with E-state index in [0.29, 0.717) is 23.7 Å². The highest BCUT2D eigenvalue weighted by molar-refractivity contribution is 6.32. The third-order valence-corrected chi connectivity index (χ3v) is 4.87. The van der Waals surface area contributed by atoms with Gasteiger partial charge in [0.15, 0.2) is 0 Å². The van der Waals surface area contributed by atoms with Gasteiger partial charge in [0, 0.05) is 19.0 Å². The van der Waals surface area contributed by atoms with Gasteiger partial charge in [0.1, 0.15) is 11.4 Å². The van der Waals surface area contributed by atoms with Crippen LogP contribution in [0.25, 0.3) is 0 Å². The lowest BCUT2D eigenvalue weighted by atomic mass is 9.83. The normalized spacial score (nSPS) is 18.0. The van der Waals surface area contributed by atoms with Crippen LogP contribution in [0.1, 0.15) is 11.1 Å². The molecule has 0 bridgehead atoms. The number of carbonyl (C=O) groups is 1. The number of fused-ring (bicyclic) bond motifs is 1. The van der Waals surface area contributed by atoms with E-state index in [2.05, 4.69) is 4.99 Å². The largest absolute Gasteiger partial charge is 0.315 e. The molecular formula is C21H17ClN2O. The molecule has 0 saturated heterocycles. The SMILES string of the molecule is O=C1N=C2C=CC(Cl)=CN2C1(Cc1ccccc1)Cc1ccccc1. The van der Waals surface area contributed by atoms with E-state index in [0.717, 1.165) is 11.1 Å². The highest BCUT2D eigenvalue weighted by atomic mass is 35.5. The van der Waals surface area contributed by atoms with Gasteiger partial charge < -0.3 is 4.90 Å². The number of hydrogen-bond acceptors (Lipinski definition) is 2. The number of aliphatic imine (C=N–C) groups is 1. The number of benzene rings is 2. The smallest absolute Gasteiger partial charge is 0.274 e. The molecule has 2 aliphatic heterocycles. The Morgan fingerprint density at radius 3 is 2.00 bits per heavy atom. The monoisotopic (exact) mass is 348 g/mol. The van der Waals surface area contributed by atoms with Crippen LogP contribution in [0.15, 0.2) is 89.0 Å². The van der Waals surface area contributed by atoms with Crippen LogP contribution in [0.3, 0.4) is 0 Å². The molecule has 4 rings (SSSR count). The van der Waals surface area contributed by atoms with Crippen LogP contribution in [-0.2, 0) is 17.6 Å². The van der Waals surface area contributed by atoms with Gasteiger partial charge in [-0.3, -0.25) is 4.79 Å². The van der Waals surface area contributed by atoms with Gasteiger partial charge in [-0.1, -0.05) is 72.3 Å². The van der Waals surface area contributed by atoms with Gasteiger partial charge in [0.25, 0.3) is 5.91 Å². The summed E-state index contributed by atoms with van der Waals surface area (Å²) in [5, 5.41) is 0.596. The molecular weight excluding hydrogens is 332 g/mol. The zero-order valence-electron chi connectivity index (χ0n) is 13.6. The van der Waals surface area contributed by atoms with Gasteiger partial charge in [-0.15, -0.1) is 0 Å². The zero-order valence-corrected chi connectivity index (χ0v) is 14.4. The molecule has 0 spiro atoms. The molecule has 2 aromatic carbocycles. The predicted molar refractivity (Wildman–Crippen MR) is 100 cm³/mol. The van der Waals surface area contributed by atoms with E-state index in [1.165, 1.54) is 0 Å². The number of nitrogens with zero attached hydrogens (tertiary/aromatic N) is 2. The Morgan fingerprint density at radius 1 is 0.880 bits per heavy atom. The van der Waals surface area contributed by atoms with Crippen molar-refractivity contribution in [3.63, 3.8) is 0 Å². The lowest BCUT2D eigenvalue weighted by Crippen LogP contribution is -2.52. The lowest BCUT2D eigenvalue weighted by molar-refractivity contribution is -0.124. The van der Waals surface area contributed by atoms with Crippen LogP contribution in [0.5, 0.6) is 0 Å². The average Bonchev–Trinajstić information content (AvgIpc) is 2.88. The van der Waals surface area contributed by atoms with Gasteiger partial charge in [-0.2, -0.15) is 4.99 Å². The van der Waals surface area contributed by atoms with Crippen LogP contribution < -0.4 is 0 Å². The summed E-state index contributed by atoms with van der Waals surface area (Å²) in [6, 6.07) is 20.1. The van der Waals surface area contributed by atoms with Crippen LogP contribution in [-0.4, -0.2) is 22.2 Å². The zero-order chi connectivity index (χ0) is 17.3. The van der Waals surface area contributed by atoms with Crippen molar-refractivity contribution < 1.29 is 4.79 Å². The number of carbonyl (C=O) groups excluding carboxylic acids is 1.